The van der Waals surface area contributed by atoms with Gasteiger partial charge in [-0.3, -0.25) is 9.59 Å². The molecule has 1 unspecified atom stereocenters. The van der Waals surface area contributed by atoms with Crippen molar-refractivity contribution in [1.82, 2.24) is 0 Å². The lowest BCUT2D eigenvalue weighted by molar-refractivity contribution is -0.321. The summed E-state index contributed by atoms with van der Waals surface area (Å²) in [4.78, 5) is 26.2. The first kappa shape index (κ1) is 26.0. The van der Waals surface area contributed by atoms with Crippen LogP contribution in [-0.2, 0) is 33.3 Å². The third kappa shape index (κ3) is 6.37. The summed E-state index contributed by atoms with van der Waals surface area (Å²) in [6.45, 7) is 5.51. The van der Waals surface area contributed by atoms with E-state index in [0.29, 0.717) is 0 Å². The third-order valence-corrected chi connectivity index (χ3v) is 6.96. The predicted molar refractivity (Wildman–Crippen MR) is 131 cm³/mol. The molecule has 0 amide bonds. The summed E-state index contributed by atoms with van der Waals surface area (Å²) in [5, 5.41) is 0. The standard InChI is InChI=1S/C26H29ClO7S/c1-26(2,3)25(29)34-21-20-18(15-30-23(33-20)16-10-6-4-7-11-16)31-24(22(21)32-19(28)14-27)35-17-12-8-5-9-13-17/h4-13,18,20-24H,14-15H2,1-3H3/t18-,20-,21+,22-,23?,24+/m1/s1. The van der Waals surface area contributed by atoms with Gasteiger partial charge in [0, 0.05) is 10.5 Å². The highest BCUT2D eigenvalue weighted by Crippen LogP contribution is 2.41. The molecule has 0 saturated carbocycles. The smallest absolute Gasteiger partial charge is 0.321 e. The average molecular weight is 521 g/mol. The van der Waals surface area contributed by atoms with Crippen LogP contribution in [0.1, 0.15) is 32.6 Å². The first-order valence-corrected chi connectivity index (χ1v) is 12.8. The van der Waals surface area contributed by atoms with E-state index in [9.17, 15) is 9.59 Å². The van der Waals surface area contributed by atoms with Crippen molar-refractivity contribution in [2.75, 3.05) is 12.5 Å². The van der Waals surface area contributed by atoms with Crippen molar-refractivity contribution < 1.29 is 33.3 Å². The van der Waals surface area contributed by atoms with Gasteiger partial charge in [0.05, 0.1) is 12.0 Å². The number of rotatable bonds is 6. The molecule has 2 fully saturated rings. The zero-order chi connectivity index (χ0) is 25.0. The van der Waals surface area contributed by atoms with E-state index in [-0.39, 0.29) is 12.5 Å². The summed E-state index contributed by atoms with van der Waals surface area (Å²) in [6.07, 6.45) is -3.82. The quantitative estimate of drug-likeness (QED) is 0.399. The number of carbonyl (C=O) groups excluding carboxylic acids is 2. The van der Waals surface area contributed by atoms with Crippen LogP contribution in [0.25, 0.3) is 0 Å². The number of fused-ring (bicyclic) bond motifs is 1. The number of thioether (sulfide) groups is 1. The summed E-state index contributed by atoms with van der Waals surface area (Å²) in [5.41, 5.74) is -0.632. The SMILES string of the molecule is CC(C)(C)C(=O)O[C@@H]1[C@@H](OC(=O)CCl)[C@H](Sc2ccccc2)O[C@@H]2COC(c3ccccc3)O[C@@H]12. The molecule has 9 heteroatoms. The van der Waals surface area contributed by atoms with Gasteiger partial charge in [-0.15, -0.1) is 11.6 Å². The molecule has 0 N–H and O–H groups in total. The van der Waals surface area contributed by atoms with Crippen molar-refractivity contribution in [2.24, 2.45) is 5.41 Å². The molecule has 4 rings (SSSR count). The average Bonchev–Trinajstić information content (AvgIpc) is 2.86. The number of carbonyl (C=O) groups is 2. The fourth-order valence-electron chi connectivity index (χ4n) is 3.80. The molecule has 0 aromatic heterocycles. The Kier molecular flexibility index (Phi) is 8.39. The van der Waals surface area contributed by atoms with Crippen molar-refractivity contribution in [3.8, 4) is 0 Å². The molecule has 0 bridgehead atoms. The van der Waals surface area contributed by atoms with Gasteiger partial charge in [0.2, 0.25) is 0 Å². The predicted octanol–water partition coefficient (Wildman–Crippen LogP) is 4.73. The molecule has 35 heavy (non-hydrogen) atoms. The van der Waals surface area contributed by atoms with Gasteiger partial charge in [-0.05, 0) is 32.9 Å². The summed E-state index contributed by atoms with van der Waals surface area (Å²) < 4.78 is 30.3. The molecule has 2 aliphatic rings. The number of halogens is 1. The van der Waals surface area contributed by atoms with Gasteiger partial charge in [0.1, 0.15) is 23.5 Å². The molecule has 188 valence electrons. The molecule has 2 aliphatic heterocycles. The Labute approximate surface area is 214 Å². The van der Waals surface area contributed by atoms with Crippen molar-refractivity contribution in [2.45, 2.75) is 61.8 Å². The van der Waals surface area contributed by atoms with Crippen LogP contribution >= 0.6 is 23.4 Å². The second kappa shape index (κ2) is 11.3. The Morgan fingerprint density at radius 1 is 0.971 bits per heavy atom. The first-order valence-electron chi connectivity index (χ1n) is 11.4. The molecule has 2 aromatic rings. The summed E-state index contributed by atoms with van der Waals surface area (Å²) in [5.74, 6) is -1.42. The molecule has 0 radical (unpaired) electrons. The van der Waals surface area contributed by atoms with Crippen LogP contribution in [0.4, 0.5) is 0 Å². The lowest BCUT2D eigenvalue weighted by Gasteiger charge is -2.48. The lowest BCUT2D eigenvalue weighted by Crippen LogP contribution is -2.63. The highest BCUT2D eigenvalue weighted by Gasteiger charge is 2.54. The molecule has 2 aromatic carbocycles. The van der Waals surface area contributed by atoms with E-state index in [1.807, 2.05) is 60.7 Å². The lowest BCUT2D eigenvalue weighted by atomic mass is 9.95. The van der Waals surface area contributed by atoms with Gasteiger partial charge < -0.3 is 23.7 Å². The van der Waals surface area contributed by atoms with Crippen molar-refractivity contribution in [3.05, 3.63) is 66.2 Å². The topological polar surface area (TPSA) is 80.3 Å². The molecular weight excluding hydrogens is 492 g/mol. The number of ether oxygens (including phenoxy) is 5. The maximum absolute atomic E-state index is 13.0. The normalized spacial score (nSPS) is 28.6. The molecule has 0 spiro atoms. The second-order valence-electron chi connectivity index (χ2n) is 9.36. The molecule has 0 aliphatic carbocycles. The number of esters is 2. The Balaban J connectivity index is 1.67. The van der Waals surface area contributed by atoms with Gasteiger partial charge in [-0.2, -0.15) is 0 Å². The number of hydrogen-bond donors (Lipinski definition) is 0. The number of alkyl halides is 1. The van der Waals surface area contributed by atoms with E-state index in [1.165, 1.54) is 11.8 Å². The van der Waals surface area contributed by atoms with Crippen molar-refractivity contribution in [3.63, 3.8) is 0 Å². The Hall–Kier alpha value is -2.10. The van der Waals surface area contributed by atoms with Crippen molar-refractivity contribution in [1.29, 1.82) is 0 Å². The van der Waals surface area contributed by atoms with Gasteiger partial charge >= 0.3 is 11.9 Å². The third-order valence-electron chi connectivity index (χ3n) is 5.58. The van der Waals surface area contributed by atoms with Gasteiger partial charge in [0.15, 0.2) is 18.5 Å². The van der Waals surface area contributed by atoms with Crippen LogP contribution in [0.2, 0.25) is 0 Å². The second-order valence-corrected chi connectivity index (χ2v) is 10.8. The van der Waals surface area contributed by atoms with Crippen LogP contribution in [0.5, 0.6) is 0 Å². The molecule has 7 nitrogen and oxygen atoms in total. The summed E-state index contributed by atoms with van der Waals surface area (Å²) >= 11 is 7.14. The Morgan fingerprint density at radius 2 is 1.63 bits per heavy atom. The van der Waals surface area contributed by atoms with E-state index in [1.54, 1.807) is 20.8 Å². The largest absolute Gasteiger partial charge is 0.455 e. The first-order chi connectivity index (χ1) is 16.8. The molecule has 6 atom stereocenters. The molecular formula is C26H29ClO7S. The van der Waals surface area contributed by atoms with Gasteiger partial charge in [0.25, 0.3) is 0 Å². The maximum atomic E-state index is 13.0. The zero-order valence-electron chi connectivity index (χ0n) is 19.8. The zero-order valence-corrected chi connectivity index (χ0v) is 21.4. The minimum Gasteiger partial charge on any atom is -0.455 e. The van der Waals surface area contributed by atoms with Gasteiger partial charge in [-0.25, -0.2) is 0 Å². The van der Waals surface area contributed by atoms with Crippen LogP contribution < -0.4 is 0 Å². The maximum Gasteiger partial charge on any atom is 0.321 e. The Bertz CT molecular complexity index is 998. The fourth-order valence-corrected chi connectivity index (χ4v) is 4.99. The Morgan fingerprint density at radius 3 is 2.26 bits per heavy atom. The number of hydrogen-bond acceptors (Lipinski definition) is 8. The minimum atomic E-state index is -0.950. The molecule has 2 heterocycles. The van der Waals surface area contributed by atoms with Crippen LogP contribution in [-0.4, -0.2) is 54.3 Å². The van der Waals surface area contributed by atoms with E-state index in [0.717, 1.165) is 10.5 Å². The highest BCUT2D eigenvalue weighted by molar-refractivity contribution is 7.99. The highest BCUT2D eigenvalue weighted by atomic mass is 35.5. The minimum absolute atomic E-state index is 0.218. The van der Waals surface area contributed by atoms with E-state index >= 15 is 0 Å². The van der Waals surface area contributed by atoms with Crippen LogP contribution in [0.15, 0.2) is 65.6 Å². The van der Waals surface area contributed by atoms with Crippen molar-refractivity contribution >= 4 is 35.3 Å². The molecule has 2 saturated heterocycles. The van der Waals surface area contributed by atoms with Crippen LogP contribution in [0, 0.1) is 5.41 Å². The number of benzene rings is 2. The van der Waals surface area contributed by atoms with Gasteiger partial charge in [-0.1, -0.05) is 60.3 Å². The monoisotopic (exact) mass is 520 g/mol. The fraction of sp³-hybridized carbons (Fsp3) is 0.462. The van der Waals surface area contributed by atoms with E-state index < -0.39 is 53.5 Å². The van der Waals surface area contributed by atoms with E-state index in [4.69, 9.17) is 35.3 Å². The van der Waals surface area contributed by atoms with E-state index in [2.05, 4.69) is 0 Å². The van der Waals surface area contributed by atoms with Crippen LogP contribution in [0.3, 0.4) is 0 Å². The summed E-state index contributed by atoms with van der Waals surface area (Å²) in [6, 6.07) is 19.0. The summed E-state index contributed by atoms with van der Waals surface area (Å²) in [7, 11) is 0.